The zero-order valence-electron chi connectivity index (χ0n) is 6.99. The molecule has 0 saturated heterocycles. The van der Waals surface area contributed by atoms with E-state index < -0.39 is 5.97 Å². The van der Waals surface area contributed by atoms with E-state index in [4.69, 9.17) is 9.52 Å². The van der Waals surface area contributed by atoms with E-state index >= 15 is 0 Å². The van der Waals surface area contributed by atoms with E-state index in [0.29, 0.717) is 18.5 Å². The first-order chi connectivity index (χ1) is 6.25. The van der Waals surface area contributed by atoms with Gasteiger partial charge in [0.1, 0.15) is 0 Å². The summed E-state index contributed by atoms with van der Waals surface area (Å²) in [4.78, 5) is 14.2. The van der Waals surface area contributed by atoms with Crippen molar-refractivity contribution in [3.8, 4) is 0 Å². The minimum absolute atomic E-state index is 0.104. The predicted molar refractivity (Wildman–Crippen MR) is 43.3 cm³/mol. The molecule has 0 aromatic carbocycles. The van der Waals surface area contributed by atoms with Gasteiger partial charge in [-0.15, -0.1) is 0 Å². The number of carboxylic acid groups (broad SMARTS) is 1. The molecule has 0 unspecified atom stereocenters. The van der Waals surface area contributed by atoms with Crippen molar-refractivity contribution in [3.05, 3.63) is 17.8 Å². The number of rotatable bonds is 4. The van der Waals surface area contributed by atoms with Crippen molar-refractivity contribution in [1.29, 1.82) is 0 Å². The second-order valence-corrected chi connectivity index (χ2v) is 3.08. The molecule has 2 rings (SSSR count). The fourth-order valence-corrected chi connectivity index (χ4v) is 1.01. The lowest BCUT2D eigenvalue weighted by Crippen LogP contribution is -2.15. The third-order valence-electron chi connectivity index (χ3n) is 1.88. The number of nitrogens with one attached hydrogen (secondary N) is 1. The van der Waals surface area contributed by atoms with Gasteiger partial charge in [-0.2, -0.15) is 0 Å². The molecule has 0 amide bonds. The molecule has 2 N–H and O–H groups in total. The van der Waals surface area contributed by atoms with E-state index in [2.05, 4.69) is 10.3 Å². The Hall–Kier alpha value is -1.36. The van der Waals surface area contributed by atoms with Gasteiger partial charge in [-0.25, -0.2) is 9.78 Å². The van der Waals surface area contributed by atoms with Crippen molar-refractivity contribution < 1.29 is 14.3 Å². The van der Waals surface area contributed by atoms with Crippen LogP contribution < -0.4 is 5.32 Å². The average Bonchev–Trinajstić information content (AvgIpc) is 2.79. The van der Waals surface area contributed by atoms with E-state index in [1.807, 2.05) is 0 Å². The zero-order valence-corrected chi connectivity index (χ0v) is 6.99. The predicted octanol–water partition coefficient (Wildman–Crippen LogP) is 0.625. The molecular weight excluding hydrogens is 172 g/mol. The topological polar surface area (TPSA) is 75.4 Å². The van der Waals surface area contributed by atoms with Crippen molar-refractivity contribution >= 4 is 5.97 Å². The van der Waals surface area contributed by atoms with E-state index in [-0.39, 0.29) is 5.76 Å². The average molecular weight is 182 g/mol. The van der Waals surface area contributed by atoms with Crippen LogP contribution in [0.4, 0.5) is 0 Å². The maximum Gasteiger partial charge on any atom is 0.373 e. The van der Waals surface area contributed by atoms with Crippen LogP contribution >= 0.6 is 0 Å². The van der Waals surface area contributed by atoms with Crippen molar-refractivity contribution in [1.82, 2.24) is 10.3 Å². The van der Waals surface area contributed by atoms with Crippen LogP contribution in [0.3, 0.4) is 0 Å². The van der Waals surface area contributed by atoms with Crippen LogP contribution in [-0.2, 0) is 6.54 Å². The zero-order chi connectivity index (χ0) is 9.26. The highest BCUT2D eigenvalue weighted by Gasteiger charge is 2.21. The van der Waals surface area contributed by atoms with Gasteiger partial charge in [0.15, 0.2) is 0 Å². The minimum atomic E-state index is -1.08. The van der Waals surface area contributed by atoms with Crippen LogP contribution in [0, 0.1) is 0 Å². The first kappa shape index (κ1) is 8.25. The number of hydrogen-bond donors (Lipinski definition) is 2. The molecule has 0 aliphatic heterocycles. The van der Waals surface area contributed by atoms with Crippen molar-refractivity contribution in [3.63, 3.8) is 0 Å². The Labute approximate surface area is 74.8 Å². The van der Waals surface area contributed by atoms with Gasteiger partial charge in [-0.05, 0) is 12.8 Å². The van der Waals surface area contributed by atoms with E-state index in [9.17, 15) is 4.79 Å². The summed E-state index contributed by atoms with van der Waals surface area (Å²) in [6, 6.07) is 0.570. The van der Waals surface area contributed by atoms with Gasteiger partial charge in [-0.1, -0.05) is 0 Å². The summed E-state index contributed by atoms with van der Waals surface area (Å²) in [5.41, 5.74) is 0. The van der Waals surface area contributed by atoms with Gasteiger partial charge in [-0.3, -0.25) is 0 Å². The minimum Gasteiger partial charge on any atom is -0.475 e. The van der Waals surface area contributed by atoms with Crippen LogP contribution in [0.2, 0.25) is 0 Å². The molecular formula is C8H10N2O3. The summed E-state index contributed by atoms with van der Waals surface area (Å²) < 4.78 is 4.95. The summed E-state index contributed by atoms with van der Waals surface area (Å²) in [5, 5.41) is 11.7. The molecule has 5 nitrogen and oxygen atoms in total. The fourth-order valence-electron chi connectivity index (χ4n) is 1.01. The molecule has 70 valence electrons. The number of carbonyl (C=O) groups is 1. The second kappa shape index (κ2) is 3.18. The second-order valence-electron chi connectivity index (χ2n) is 3.08. The molecule has 1 aromatic heterocycles. The Morgan fingerprint density at radius 2 is 2.54 bits per heavy atom. The molecule has 1 heterocycles. The van der Waals surface area contributed by atoms with Gasteiger partial charge in [0.05, 0.1) is 12.7 Å². The maximum absolute atomic E-state index is 10.4. The molecule has 1 fully saturated rings. The first-order valence-electron chi connectivity index (χ1n) is 4.17. The molecule has 0 bridgehead atoms. The largest absolute Gasteiger partial charge is 0.475 e. The van der Waals surface area contributed by atoms with Gasteiger partial charge < -0.3 is 14.8 Å². The van der Waals surface area contributed by atoms with Crippen LogP contribution in [-0.4, -0.2) is 22.1 Å². The number of nitrogens with zero attached hydrogens (tertiary/aromatic N) is 1. The van der Waals surface area contributed by atoms with Gasteiger partial charge in [0.25, 0.3) is 0 Å². The standard InChI is InChI=1S/C8H10N2O3/c11-8(12)6-3-10-7(13-6)4-9-5-1-2-5/h3,5,9H,1-2,4H2,(H,11,12). The molecule has 13 heavy (non-hydrogen) atoms. The summed E-state index contributed by atoms with van der Waals surface area (Å²) in [7, 11) is 0. The fraction of sp³-hybridized carbons (Fsp3) is 0.500. The van der Waals surface area contributed by atoms with Gasteiger partial charge >= 0.3 is 5.97 Å². The molecule has 1 aromatic rings. The van der Waals surface area contributed by atoms with Crippen LogP contribution in [0.5, 0.6) is 0 Å². The number of oxazole rings is 1. The highest BCUT2D eigenvalue weighted by molar-refractivity contribution is 5.83. The smallest absolute Gasteiger partial charge is 0.373 e. The quantitative estimate of drug-likeness (QED) is 0.714. The molecule has 0 radical (unpaired) electrons. The SMILES string of the molecule is O=C(O)c1cnc(CNC2CC2)o1. The Kier molecular flexibility index (Phi) is 2.02. The highest BCUT2D eigenvalue weighted by Crippen LogP contribution is 2.19. The molecule has 1 aliphatic rings. The first-order valence-corrected chi connectivity index (χ1v) is 4.17. The summed E-state index contributed by atoms with van der Waals surface area (Å²) >= 11 is 0. The third-order valence-corrected chi connectivity index (χ3v) is 1.88. The monoisotopic (exact) mass is 182 g/mol. The molecule has 5 heteroatoms. The Balaban J connectivity index is 1.92. The number of aromatic nitrogens is 1. The maximum atomic E-state index is 10.4. The number of hydrogen-bond acceptors (Lipinski definition) is 4. The lowest BCUT2D eigenvalue weighted by Gasteiger charge is -1.95. The molecule has 1 aliphatic carbocycles. The molecule has 0 atom stereocenters. The molecule has 0 spiro atoms. The summed E-state index contributed by atoms with van der Waals surface area (Å²) in [5.74, 6) is -0.748. The molecule has 1 saturated carbocycles. The summed E-state index contributed by atoms with van der Waals surface area (Å²) in [6.45, 7) is 0.512. The lowest BCUT2D eigenvalue weighted by molar-refractivity contribution is 0.0660. The summed E-state index contributed by atoms with van der Waals surface area (Å²) in [6.07, 6.45) is 3.60. The van der Waals surface area contributed by atoms with Gasteiger partial charge in [0.2, 0.25) is 11.7 Å². The van der Waals surface area contributed by atoms with Crippen LogP contribution in [0.15, 0.2) is 10.6 Å². The Morgan fingerprint density at radius 1 is 1.77 bits per heavy atom. The normalized spacial score (nSPS) is 16.0. The van der Waals surface area contributed by atoms with Crippen molar-refractivity contribution in [2.75, 3.05) is 0 Å². The number of aromatic carboxylic acids is 1. The lowest BCUT2D eigenvalue weighted by atomic mass is 10.5. The van der Waals surface area contributed by atoms with E-state index in [0.717, 1.165) is 0 Å². The van der Waals surface area contributed by atoms with E-state index in [1.165, 1.54) is 19.0 Å². The van der Waals surface area contributed by atoms with Crippen LogP contribution in [0.1, 0.15) is 29.3 Å². The van der Waals surface area contributed by atoms with E-state index in [1.54, 1.807) is 0 Å². The Bertz CT molecular complexity index is 317. The highest BCUT2D eigenvalue weighted by atomic mass is 16.4. The van der Waals surface area contributed by atoms with Gasteiger partial charge in [0, 0.05) is 6.04 Å². The van der Waals surface area contributed by atoms with Crippen molar-refractivity contribution in [2.45, 2.75) is 25.4 Å². The van der Waals surface area contributed by atoms with Crippen LogP contribution in [0.25, 0.3) is 0 Å². The third kappa shape index (κ3) is 2.06. The number of carboxylic acids is 1. The Morgan fingerprint density at radius 3 is 3.08 bits per heavy atom. The van der Waals surface area contributed by atoms with Crippen molar-refractivity contribution in [2.24, 2.45) is 0 Å².